The molecule has 0 aliphatic rings. The number of sulfonamides is 1. The van der Waals surface area contributed by atoms with Crippen molar-refractivity contribution < 1.29 is 21.6 Å². The van der Waals surface area contributed by atoms with Crippen LogP contribution in [0.25, 0.3) is 0 Å². The Labute approximate surface area is 117 Å². The van der Waals surface area contributed by atoms with Gasteiger partial charge in [-0.2, -0.15) is 0 Å². The second kappa shape index (κ2) is 5.29. The Bertz CT molecular complexity index is 745. The second-order valence-corrected chi connectivity index (χ2v) is 5.74. The molecule has 2 rings (SSSR count). The molecule has 2 aromatic rings. The molecule has 0 aliphatic carbocycles. The van der Waals surface area contributed by atoms with Crippen LogP contribution in [0, 0.1) is 17.5 Å². The van der Waals surface area contributed by atoms with E-state index in [0.29, 0.717) is 12.1 Å². The van der Waals surface area contributed by atoms with Crippen molar-refractivity contribution in [1.29, 1.82) is 0 Å². The van der Waals surface area contributed by atoms with Crippen molar-refractivity contribution in [3.8, 4) is 0 Å². The summed E-state index contributed by atoms with van der Waals surface area (Å²) in [7, 11) is -4.11. The minimum absolute atomic E-state index is 0.0654. The van der Waals surface area contributed by atoms with Gasteiger partial charge in [0, 0.05) is 18.3 Å². The van der Waals surface area contributed by atoms with Gasteiger partial charge in [-0.3, -0.25) is 4.72 Å². The fourth-order valence-electron chi connectivity index (χ4n) is 1.38. The van der Waals surface area contributed by atoms with Gasteiger partial charge in [0.15, 0.2) is 17.5 Å². The highest BCUT2D eigenvalue weighted by molar-refractivity contribution is 7.92. The molecule has 0 fully saturated rings. The highest BCUT2D eigenvalue weighted by Crippen LogP contribution is 2.21. The molecule has 0 saturated heterocycles. The minimum Gasteiger partial charge on any atom is -0.279 e. The molecule has 0 aliphatic heterocycles. The molecule has 1 aromatic carbocycles. The zero-order valence-electron chi connectivity index (χ0n) is 9.57. The van der Waals surface area contributed by atoms with E-state index in [1.165, 1.54) is 0 Å². The summed E-state index contributed by atoms with van der Waals surface area (Å²) >= 11 is 5.55. The SMILES string of the molecule is O=S(=O)(Nc1cc(F)c(F)c(F)c1)c1ccnc(Cl)c1. The largest absolute Gasteiger partial charge is 0.279 e. The topological polar surface area (TPSA) is 59.1 Å². The maximum absolute atomic E-state index is 13.0. The summed E-state index contributed by atoms with van der Waals surface area (Å²) in [6, 6.07) is 3.25. The van der Waals surface area contributed by atoms with Crippen LogP contribution in [0.5, 0.6) is 0 Å². The third-order valence-electron chi connectivity index (χ3n) is 2.24. The van der Waals surface area contributed by atoms with Gasteiger partial charge in [-0.15, -0.1) is 0 Å². The molecule has 0 bridgehead atoms. The van der Waals surface area contributed by atoms with Crippen LogP contribution in [0.2, 0.25) is 5.15 Å². The van der Waals surface area contributed by atoms with Crippen LogP contribution >= 0.6 is 11.6 Å². The van der Waals surface area contributed by atoms with Gasteiger partial charge in [-0.1, -0.05) is 11.6 Å². The lowest BCUT2D eigenvalue weighted by atomic mass is 10.3. The van der Waals surface area contributed by atoms with Gasteiger partial charge in [0.25, 0.3) is 10.0 Å². The zero-order valence-corrected chi connectivity index (χ0v) is 11.1. The summed E-state index contributed by atoms with van der Waals surface area (Å²) in [5.74, 6) is -4.69. The fraction of sp³-hybridized carbons (Fsp3) is 0. The molecule has 0 amide bonds. The molecule has 0 spiro atoms. The first-order valence-corrected chi connectivity index (χ1v) is 6.94. The Morgan fingerprint density at radius 3 is 2.25 bits per heavy atom. The van der Waals surface area contributed by atoms with Gasteiger partial charge in [-0.25, -0.2) is 26.6 Å². The normalized spacial score (nSPS) is 11.4. The van der Waals surface area contributed by atoms with Crippen LogP contribution in [-0.2, 0) is 10.0 Å². The monoisotopic (exact) mass is 322 g/mol. The Morgan fingerprint density at radius 2 is 1.70 bits per heavy atom. The minimum atomic E-state index is -4.11. The Hall–Kier alpha value is -1.80. The second-order valence-electron chi connectivity index (χ2n) is 3.67. The summed E-state index contributed by atoms with van der Waals surface area (Å²) in [6.45, 7) is 0. The molecular weight excluding hydrogens is 317 g/mol. The fourth-order valence-corrected chi connectivity index (χ4v) is 2.67. The predicted molar refractivity (Wildman–Crippen MR) is 66.4 cm³/mol. The first-order chi connectivity index (χ1) is 9.29. The number of aromatic nitrogens is 1. The highest BCUT2D eigenvalue weighted by atomic mass is 35.5. The van der Waals surface area contributed by atoms with Crippen molar-refractivity contribution in [3.05, 3.63) is 53.1 Å². The van der Waals surface area contributed by atoms with E-state index in [9.17, 15) is 21.6 Å². The van der Waals surface area contributed by atoms with Crippen molar-refractivity contribution in [2.75, 3.05) is 4.72 Å². The summed E-state index contributed by atoms with van der Waals surface area (Å²) in [4.78, 5) is 3.36. The Kier molecular flexibility index (Phi) is 3.87. The number of anilines is 1. The zero-order chi connectivity index (χ0) is 14.9. The summed E-state index contributed by atoms with van der Waals surface area (Å²) in [5, 5.41) is -0.0654. The van der Waals surface area contributed by atoms with Gasteiger partial charge >= 0.3 is 0 Å². The molecule has 1 aromatic heterocycles. The molecule has 0 unspecified atom stereocenters. The third-order valence-corrected chi connectivity index (χ3v) is 3.83. The van der Waals surface area contributed by atoms with Gasteiger partial charge in [0.2, 0.25) is 0 Å². The summed E-state index contributed by atoms with van der Waals surface area (Å²) in [6.07, 6.45) is 1.16. The van der Waals surface area contributed by atoms with E-state index >= 15 is 0 Å². The standard InChI is InChI=1S/C11H6ClF3N2O2S/c12-10-5-7(1-2-16-10)20(18,19)17-6-3-8(13)11(15)9(14)4-6/h1-5,17H. The number of hydrogen-bond acceptors (Lipinski definition) is 3. The van der Waals surface area contributed by atoms with Crippen molar-refractivity contribution in [2.24, 2.45) is 0 Å². The van der Waals surface area contributed by atoms with Gasteiger partial charge in [-0.05, 0) is 12.1 Å². The molecule has 1 N–H and O–H groups in total. The quantitative estimate of drug-likeness (QED) is 0.698. The molecule has 9 heteroatoms. The predicted octanol–water partition coefficient (Wildman–Crippen LogP) is 2.95. The van der Waals surface area contributed by atoms with Gasteiger partial charge in [0.1, 0.15) is 5.15 Å². The number of nitrogens with zero attached hydrogens (tertiary/aromatic N) is 1. The molecule has 106 valence electrons. The van der Waals surface area contributed by atoms with Crippen molar-refractivity contribution in [2.45, 2.75) is 4.90 Å². The average Bonchev–Trinajstić information content (AvgIpc) is 2.35. The van der Waals surface area contributed by atoms with E-state index in [-0.39, 0.29) is 10.0 Å². The van der Waals surface area contributed by atoms with Crippen LogP contribution < -0.4 is 4.72 Å². The molecule has 1 heterocycles. The Morgan fingerprint density at radius 1 is 1.10 bits per heavy atom. The molecule has 0 radical (unpaired) electrons. The smallest absolute Gasteiger partial charge is 0.262 e. The van der Waals surface area contributed by atoms with E-state index < -0.39 is 33.2 Å². The number of hydrogen-bond donors (Lipinski definition) is 1. The molecule has 4 nitrogen and oxygen atoms in total. The van der Waals surface area contributed by atoms with Crippen LogP contribution in [0.15, 0.2) is 35.4 Å². The van der Waals surface area contributed by atoms with E-state index in [1.807, 2.05) is 4.72 Å². The van der Waals surface area contributed by atoms with Crippen LogP contribution in [0.3, 0.4) is 0 Å². The van der Waals surface area contributed by atoms with Crippen LogP contribution in [0.4, 0.5) is 18.9 Å². The maximum Gasteiger partial charge on any atom is 0.262 e. The lowest BCUT2D eigenvalue weighted by molar-refractivity contribution is 0.448. The Balaban J connectivity index is 2.38. The highest BCUT2D eigenvalue weighted by Gasteiger charge is 2.17. The number of halogens is 4. The maximum atomic E-state index is 13.0. The van der Waals surface area contributed by atoms with Crippen LogP contribution in [-0.4, -0.2) is 13.4 Å². The third kappa shape index (κ3) is 3.02. The van der Waals surface area contributed by atoms with Gasteiger partial charge in [0.05, 0.1) is 10.6 Å². The van der Waals surface area contributed by atoms with Crippen LogP contribution in [0.1, 0.15) is 0 Å². The van der Waals surface area contributed by atoms with E-state index in [0.717, 1.165) is 18.3 Å². The lowest BCUT2D eigenvalue weighted by Gasteiger charge is -2.08. The first kappa shape index (κ1) is 14.6. The number of nitrogens with one attached hydrogen (secondary N) is 1. The summed E-state index contributed by atoms with van der Waals surface area (Å²) in [5.41, 5.74) is -0.450. The van der Waals surface area contributed by atoms with Gasteiger partial charge < -0.3 is 0 Å². The molecule has 20 heavy (non-hydrogen) atoms. The molecule has 0 atom stereocenters. The average molecular weight is 323 g/mol. The van der Waals surface area contributed by atoms with Crippen molar-refractivity contribution in [1.82, 2.24) is 4.98 Å². The summed E-state index contributed by atoms with van der Waals surface area (Å²) < 4.78 is 64.5. The van der Waals surface area contributed by atoms with Crippen molar-refractivity contribution in [3.63, 3.8) is 0 Å². The van der Waals surface area contributed by atoms with Crippen molar-refractivity contribution >= 4 is 27.3 Å². The van der Waals surface area contributed by atoms with E-state index in [4.69, 9.17) is 11.6 Å². The van der Waals surface area contributed by atoms with E-state index in [2.05, 4.69) is 4.98 Å². The number of benzene rings is 1. The number of pyridine rings is 1. The lowest BCUT2D eigenvalue weighted by Crippen LogP contribution is -2.13. The molecule has 0 saturated carbocycles. The molecular formula is C11H6ClF3N2O2S. The number of rotatable bonds is 3. The first-order valence-electron chi connectivity index (χ1n) is 5.08. The van der Waals surface area contributed by atoms with E-state index in [1.54, 1.807) is 0 Å².